The topological polar surface area (TPSA) is 26.3 Å². The minimum absolute atomic E-state index is 0.283. The van der Waals surface area contributed by atoms with Crippen LogP contribution in [0, 0.1) is 0 Å². The van der Waals surface area contributed by atoms with Gasteiger partial charge in [0.2, 0.25) is 0 Å². The summed E-state index contributed by atoms with van der Waals surface area (Å²) in [6, 6.07) is 16.1. The molecule has 0 fully saturated rings. The Kier molecular flexibility index (Phi) is 2.92. The molecule has 0 bridgehead atoms. The molecule has 2 aromatic rings. The van der Waals surface area contributed by atoms with Crippen molar-refractivity contribution in [1.82, 2.24) is 0 Å². The Bertz CT molecular complexity index is 654. The van der Waals surface area contributed by atoms with E-state index < -0.39 is 0 Å². The fourth-order valence-corrected chi connectivity index (χ4v) is 2.39. The normalized spacial score (nSPS) is 12.8. The van der Waals surface area contributed by atoms with Crippen molar-refractivity contribution >= 4 is 17.6 Å². The van der Waals surface area contributed by atoms with Crippen LogP contribution < -0.4 is 4.74 Å². The van der Waals surface area contributed by atoms with Crippen molar-refractivity contribution in [3.63, 3.8) is 0 Å². The first-order valence-corrected chi connectivity index (χ1v) is 6.30. The summed E-state index contributed by atoms with van der Waals surface area (Å²) in [6.45, 7) is 1.42. The average molecular weight is 250 g/mol. The Balaban J connectivity index is 1.88. The summed E-state index contributed by atoms with van der Waals surface area (Å²) in [5.41, 5.74) is 4.95. The van der Waals surface area contributed by atoms with E-state index in [1.165, 1.54) is 29.2 Å². The van der Waals surface area contributed by atoms with Crippen LogP contribution in [0.5, 0.6) is 5.75 Å². The lowest BCUT2D eigenvalue weighted by Gasteiger charge is -2.04. The Morgan fingerprint density at radius 2 is 1.89 bits per heavy atom. The molecule has 0 aromatic heterocycles. The van der Waals surface area contributed by atoms with E-state index in [1.807, 2.05) is 36.4 Å². The minimum atomic E-state index is -0.283. The molecule has 0 amide bonds. The summed E-state index contributed by atoms with van der Waals surface area (Å²) >= 11 is 0. The fraction of sp³-hybridized carbons (Fsp3) is 0.118. The molecule has 2 heteroatoms. The SMILES string of the molecule is CC(=O)Oc1ccc2c(c1)CC(c1ccccc1)=C2. The highest BCUT2D eigenvalue weighted by molar-refractivity contribution is 5.88. The first kappa shape index (κ1) is 11.7. The van der Waals surface area contributed by atoms with Crippen LogP contribution in [0.1, 0.15) is 23.6 Å². The Morgan fingerprint density at radius 3 is 2.63 bits per heavy atom. The first-order chi connectivity index (χ1) is 9.22. The molecule has 0 radical (unpaired) electrons. The molecule has 0 atom stereocenters. The van der Waals surface area contributed by atoms with E-state index in [0.717, 1.165) is 6.42 Å². The Morgan fingerprint density at radius 1 is 1.11 bits per heavy atom. The van der Waals surface area contributed by atoms with Crippen molar-refractivity contribution in [2.45, 2.75) is 13.3 Å². The van der Waals surface area contributed by atoms with Gasteiger partial charge in [-0.25, -0.2) is 0 Å². The second kappa shape index (κ2) is 4.73. The average Bonchev–Trinajstić information content (AvgIpc) is 2.82. The van der Waals surface area contributed by atoms with Gasteiger partial charge < -0.3 is 4.74 Å². The van der Waals surface area contributed by atoms with Gasteiger partial charge in [0.05, 0.1) is 0 Å². The second-order valence-corrected chi connectivity index (χ2v) is 4.67. The largest absolute Gasteiger partial charge is 0.427 e. The smallest absolute Gasteiger partial charge is 0.308 e. The maximum atomic E-state index is 11.0. The number of esters is 1. The van der Waals surface area contributed by atoms with E-state index in [2.05, 4.69) is 18.2 Å². The standard InChI is InChI=1S/C17H14O2/c1-12(18)19-17-8-7-14-9-15(10-16(14)11-17)13-5-3-2-4-6-13/h2-9,11H,10H2,1H3. The van der Waals surface area contributed by atoms with Crippen molar-refractivity contribution in [3.8, 4) is 5.75 Å². The van der Waals surface area contributed by atoms with E-state index in [1.54, 1.807) is 0 Å². The fourth-order valence-electron chi connectivity index (χ4n) is 2.39. The molecule has 1 aliphatic carbocycles. The van der Waals surface area contributed by atoms with Crippen molar-refractivity contribution in [1.29, 1.82) is 0 Å². The maximum absolute atomic E-state index is 11.0. The van der Waals surface area contributed by atoms with E-state index >= 15 is 0 Å². The van der Waals surface area contributed by atoms with E-state index in [-0.39, 0.29) is 5.97 Å². The molecule has 0 saturated heterocycles. The molecular formula is C17H14O2. The molecule has 19 heavy (non-hydrogen) atoms. The Hall–Kier alpha value is -2.35. The third kappa shape index (κ3) is 2.43. The molecule has 2 nitrogen and oxygen atoms in total. The molecule has 0 unspecified atom stereocenters. The van der Waals surface area contributed by atoms with Gasteiger partial charge in [-0.15, -0.1) is 0 Å². The van der Waals surface area contributed by atoms with Crippen molar-refractivity contribution in [2.24, 2.45) is 0 Å². The number of carbonyl (C=O) groups is 1. The first-order valence-electron chi connectivity index (χ1n) is 6.30. The van der Waals surface area contributed by atoms with Crippen molar-refractivity contribution < 1.29 is 9.53 Å². The van der Waals surface area contributed by atoms with Gasteiger partial charge in [-0.05, 0) is 40.8 Å². The highest BCUT2D eigenvalue weighted by atomic mass is 16.5. The van der Waals surface area contributed by atoms with E-state index in [4.69, 9.17) is 4.74 Å². The van der Waals surface area contributed by atoms with E-state index in [9.17, 15) is 4.79 Å². The number of fused-ring (bicyclic) bond motifs is 1. The molecule has 94 valence electrons. The van der Waals surface area contributed by atoms with Gasteiger partial charge in [0.25, 0.3) is 0 Å². The molecule has 2 aromatic carbocycles. The third-order valence-corrected chi connectivity index (χ3v) is 3.23. The van der Waals surface area contributed by atoms with E-state index in [0.29, 0.717) is 5.75 Å². The summed E-state index contributed by atoms with van der Waals surface area (Å²) < 4.78 is 5.12. The van der Waals surface area contributed by atoms with Crippen molar-refractivity contribution in [2.75, 3.05) is 0 Å². The number of hydrogen-bond acceptors (Lipinski definition) is 2. The zero-order valence-corrected chi connectivity index (χ0v) is 10.7. The number of hydrogen-bond donors (Lipinski definition) is 0. The minimum Gasteiger partial charge on any atom is -0.427 e. The summed E-state index contributed by atoms with van der Waals surface area (Å²) in [4.78, 5) is 11.0. The quantitative estimate of drug-likeness (QED) is 0.600. The zero-order chi connectivity index (χ0) is 13.2. The number of rotatable bonds is 2. The molecule has 0 saturated carbocycles. The monoisotopic (exact) mass is 250 g/mol. The lowest BCUT2D eigenvalue weighted by molar-refractivity contribution is -0.131. The van der Waals surface area contributed by atoms with Crippen LogP contribution in [0.25, 0.3) is 11.6 Å². The third-order valence-electron chi connectivity index (χ3n) is 3.23. The summed E-state index contributed by atoms with van der Waals surface area (Å²) in [6.07, 6.45) is 3.08. The predicted molar refractivity (Wildman–Crippen MR) is 75.8 cm³/mol. The molecule has 1 aliphatic rings. The van der Waals surface area contributed by atoms with Gasteiger partial charge in [-0.3, -0.25) is 4.79 Å². The second-order valence-electron chi connectivity index (χ2n) is 4.67. The lowest BCUT2D eigenvalue weighted by Crippen LogP contribution is -2.01. The number of allylic oxidation sites excluding steroid dienone is 1. The lowest BCUT2D eigenvalue weighted by atomic mass is 10.0. The molecule has 3 rings (SSSR count). The zero-order valence-electron chi connectivity index (χ0n) is 10.7. The van der Waals surface area contributed by atoms with Crippen LogP contribution in [-0.4, -0.2) is 5.97 Å². The van der Waals surface area contributed by atoms with Gasteiger partial charge in [0.1, 0.15) is 5.75 Å². The highest BCUT2D eigenvalue weighted by Crippen LogP contribution is 2.33. The molecule has 0 heterocycles. The summed E-state index contributed by atoms with van der Waals surface area (Å²) in [7, 11) is 0. The highest BCUT2D eigenvalue weighted by Gasteiger charge is 2.15. The molecule has 0 aliphatic heterocycles. The van der Waals surface area contributed by atoms with Crippen LogP contribution in [0.2, 0.25) is 0 Å². The predicted octanol–water partition coefficient (Wildman–Crippen LogP) is 3.71. The number of benzene rings is 2. The van der Waals surface area contributed by atoms with Gasteiger partial charge in [-0.2, -0.15) is 0 Å². The Labute approximate surface area is 112 Å². The summed E-state index contributed by atoms with van der Waals surface area (Å²) in [5.74, 6) is 0.336. The van der Waals surface area contributed by atoms with Crippen LogP contribution in [-0.2, 0) is 11.2 Å². The van der Waals surface area contributed by atoms with Crippen LogP contribution in [0.15, 0.2) is 48.5 Å². The number of carbonyl (C=O) groups excluding carboxylic acids is 1. The van der Waals surface area contributed by atoms with Crippen LogP contribution in [0.4, 0.5) is 0 Å². The van der Waals surface area contributed by atoms with Gasteiger partial charge in [-0.1, -0.05) is 42.5 Å². The number of ether oxygens (including phenoxy) is 1. The van der Waals surface area contributed by atoms with Gasteiger partial charge in [0.15, 0.2) is 0 Å². The molecule has 0 N–H and O–H groups in total. The van der Waals surface area contributed by atoms with Gasteiger partial charge in [0, 0.05) is 6.92 Å². The van der Waals surface area contributed by atoms with Crippen LogP contribution >= 0.6 is 0 Å². The molecule has 0 spiro atoms. The summed E-state index contributed by atoms with van der Waals surface area (Å²) in [5, 5.41) is 0. The van der Waals surface area contributed by atoms with Crippen LogP contribution in [0.3, 0.4) is 0 Å². The van der Waals surface area contributed by atoms with Gasteiger partial charge >= 0.3 is 5.97 Å². The van der Waals surface area contributed by atoms with Crippen molar-refractivity contribution in [3.05, 3.63) is 65.2 Å². The molecular weight excluding hydrogens is 236 g/mol. The maximum Gasteiger partial charge on any atom is 0.308 e.